The SMILES string of the molecule is C#Cc1c(F)ccc2cc(O)cc(C3=Cc4nc(OC[C@]5(C)C[C@@H](F)CN5C5CCC(C)(O)CC5)nc(N5CCCCC(NC(=O)C=C)C5)c4CC3)c12. The molecule has 3 heterocycles. The summed E-state index contributed by atoms with van der Waals surface area (Å²) >= 11 is 0. The maximum atomic E-state index is 15.2. The first-order chi connectivity index (χ1) is 25.4. The number of phenols is 1. The van der Waals surface area contributed by atoms with Gasteiger partial charge in [0, 0.05) is 49.1 Å². The second kappa shape index (κ2) is 14.7. The third kappa shape index (κ3) is 7.62. The van der Waals surface area contributed by atoms with Gasteiger partial charge < -0.3 is 25.2 Å². The van der Waals surface area contributed by atoms with Gasteiger partial charge in [-0.15, -0.1) is 6.42 Å². The molecule has 1 saturated carbocycles. The Labute approximate surface area is 310 Å². The van der Waals surface area contributed by atoms with Crippen LogP contribution in [0.1, 0.15) is 94.0 Å². The number of ether oxygens (including phenoxy) is 1. The van der Waals surface area contributed by atoms with Gasteiger partial charge in [0.15, 0.2) is 0 Å². The van der Waals surface area contributed by atoms with Crippen LogP contribution in [-0.2, 0) is 11.2 Å². The van der Waals surface area contributed by atoms with Crippen LogP contribution in [0, 0.1) is 18.2 Å². The van der Waals surface area contributed by atoms with Crippen LogP contribution >= 0.6 is 0 Å². The lowest BCUT2D eigenvalue weighted by molar-refractivity contribution is -0.117. The maximum Gasteiger partial charge on any atom is 0.318 e. The monoisotopic (exact) mass is 725 g/mol. The fraction of sp³-hybridized carbons (Fsp3) is 0.500. The van der Waals surface area contributed by atoms with E-state index >= 15 is 4.39 Å². The molecular weight excluding hydrogens is 676 g/mol. The van der Waals surface area contributed by atoms with E-state index in [2.05, 4.69) is 27.6 Å². The Morgan fingerprint density at radius 1 is 1.17 bits per heavy atom. The average Bonchev–Trinajstić information content (AvgIpc) is 3.27. The van der Waals surface area contributed by atoms with Crippen molar-refractivity contribution in [1.82, 2.24) is 20.2 Å². The van der Waals surface area contributed by atoms with Crippen LogP contribution in [0.5, 0.6) is 11.8 Å². The van der Waals surface area contributed by atoms with Crippen LogP contribution in [0.4, 0.5) is 14.6 Å². The van der Waals surface area contributed by atoms with Crippen LogP contribution in [0.25, 0.3) is 22.4 Å². The van der Waals surface area contributed by atoms with Crippen molar-refractivity contribution in [3.63, 3.8) is 0 Å². The summed E-state index contributed by atoms with van der Waals surface area (Å²) in [7, 11) is 0. The molecule has 4 aliphatic rings. The van der Waals surface area contributed by atoms with Crippen molar-refractivity contribution in [2.45, 2.75) is 107 Å². The molecule has 2 saturated heterocycles. The maximum absolute atomic E-state index is 15.2. The predicted octanol–water partition coefficient (Wildman–Crippen LogP) is 6.48. The van der Waals surface area contributed by atoms with Gasteiger partial charge in [-0.3, -0.25) is 9.69 Å². The number of amides is 1. The molecule has 0 spiro atoms. The quantitative estimate of drug-likeness (QED) is 0.179. The molecule has 3 N–H and O–H groups in total. The zero-order valence-corrected chi connectivity index (χ0v) is 30.6. The molecule has 0 bridgehead atoms. The molecule has 280 valence electrons. The number of hydrogen-bond donors (Lipinski definition) is 3. The Balaban J connectivity index is 1.27. The number of carbonyl (C=O) groups excluding carboxylic acids is 1. The predicted molar refractivity (Wildman–Crippen MR) is 203 cm³/mol. The highest BCUT2D eigenvalue weighted by molar-refractivity contribution is 6.02. The summed E-state index contributed by atoms with van der Waals surface area (Å²) in [5, 5.41) is 25.5. The lowest BCUT2D eigenvalue weighted by Crippen LogP contribution is -2.53. The Hall–Kier alpha value is -4.53. The number of aromatic nitrogens is 2. The van der Waals surface area contributed by atoms with Crippen molar-refractivity contribution in [2.75, 3.05) is 31.1 Å². The molecule has 2 aliphatic heterocycles. The van der Waals surface area contributed by atoms with Crippen molar-refractivity contribution in [2.24, 2.45) is 0 Å². The zero-order valence-electron chi connectivity index (χ0n) is 30.6. The molecule has 9 nitrogen and oxygen atoms in total. The molecule has 1 aromatic heterocycles. The number of hydrogen-bond acceptors (Lipinski definition) is 8. The van der Waals surface area contributed by atoms with Crippen molar-refractivity contribution < 1.29 is 28.5 Å². The van der Waals surface area contributed by atoms with E-state index in [4.69, 9.17) is 21.1 Å². The molecule has 2 aliphatic carbocycles. The topological polar surface area (TPSA) is 111 Å². The fourth-order valence-electron chi connectivity index (χ4n) is 8.97. The normalized spacial score (nSPS) is 27.7. The number of halogens is 2. The fourth-order valence-corrected chi connectivity index (χ4v) is 8.97. The number of fused-ring (bicyclic) bond motifs is 2. The molecule has 53 heavy (non-hydrogen) atoms. The number of phenolic OH excluding ortho intramolecular Hbond substituents is 1. The van der Waals surface area contributed by atoms with Gasteiger partial charge in [0.2, 0.25) is 5.91 Å². The van der Waals surface area contributed by atoms with Crippen molar-refractivity contribution >= 4 is 34.1 Å². The second-order valence-electron chi connectivity index (χ2n) is 15.8. The van der Waals surface area contributed by atoms with E-state index in [0.717, 1.165) is 55.6 Å². The van der Waals surface area contributed by atoms with Crippen LogP contribution in [0.3, 0.4) is 0 Å². The number of allylic oxidation sites excluding steroid dienone is 1. The molecular formula is C42H49F2N5O4. The average molecular weight is 726 g/mol. The minimum Gasteiger partial charge on any atom is -0.508 e. The van der Waals surface area contributed by atoms with E-state index in [1.165, 1.54) is 12.1 Å². The van der Waals surface area contributed by atoms with Crippen LogP contribution in [0.15, 0.2) is 36.9 Å². The number of anilines is 1. The lowest BCUT2D eigenvalue weighted by atomic mass is 9.82. The van der Waals surface area contributed by atoms with E-state index in [0.29, 0.717) is 67.2 Å². The van der Waals surface area contributed by atoms with Gasteiger partial charge in [-0.2, -0.15) is 9.97 Å². The third-order valence-electron chi connectivity index (χ3n) is 11.7. The number of aromatic hydroxyl groups is 1. The van der Waals surface area contributed by atoms with Crippen LogP contribution in [0.2, 0.25) is 0 Å². The lowest BCUT2D eigenvalue weighted by Gasteiger charge is -2.44. The van der Waals surface area contributed by atoms with Gasteiger partial charge in [-0.05, 0) is 119 Å². The van der Waals surface area contributed by atoms with Gasteiger partial charge in [-0.1, -0.05) is 18.6 Å². The van der Waals surface area contributed by atoms with E-state index in [-0.39, 0.29) is 41.9 Å². The van der Waals surface area contributed by atoms with Crippen LogP contribution in [-0.4, -0.2) is 86.6 Å². The number of rotatable bonds is 8. The Bertz CT molecular complexity index is 1980. The Morgan fingerprint density at radius 2 is 1.96 bits per heavy atom. The van der Waals surface area contributed by atoms with Crippen molar-refractivity contribution in [3.8, 4) is 24.1 Å². The highest BCUT2D eigenvalue weighted by Crippen LogP contribution is 2.42. The number of nitrogens with zero attached hydrogens (tertiary/aromatic N) is 4. The number of carbonyl (C=O) groups is 1. The van der Waals surface area contributed by atoms with Crippen molar-refractivity contribution in [3.05, 3.63) is 65.1 Å². The molecule has 7 rings (SSSR count). The first-order valence-electron chi connectivity index (χ1n) is 18.8. The second-order valence-corrected chi connectivity index (χ2v) is 15.8. The summed E-state index contributed by atoms with van der Waals surface area (Å²) in [5.41, 5.74) is 1.88. The number of benzene rings is 2. The molecule has 3 aromatic rings. The molecule has 1 unspecified atom stereocenters. The molecule has 3 fully saturated rings. The smallest absolute Gasteiger partial charge is 0.318 e. The van der Waals surface area contributed by atoms with Gasteiger partial charge in [-0.25, -0.2) is 8.78 Å². The molecule has 2 aromatic carbocycles. The zero-order chi connectivity index (χ0) is 37.5. The summed E-state index contributed by atoms with van der Waals surface area (Å²) in [6, 6.07) is 6.33. The molecule has 0 radical (unpaired) electrons. The first kappa shape index (κ1) is 36.8. The molecule has 3 atom stereocenters. The number of nitrogens with one attached hydrogen (secondary N) is 1. The minimum atomic E-state index is -0.994. The van der Waals surface area contributed by atoms with Crippen molar-refractivity contribution in [1.29, 1.82) is 0 Å². The minimum absolute atomic E-state index is 0.0421. The summed E-state index contributed by atoms with van der Waals surface area (Å²) in [6.45, 7) is 9.28. The van der Waals surface area contributed by atoms with Gasteiger partial charge >= 0.3 is 6.01 Å². The molecule has 1 amide bonds. The van der Waals surface area contributed by atoms with E-state index in [9.17, 15) is 19.4 Å². The third-order valence-corrected chi connectivity index (χ3v) is 11.7. The number of likely N-dealkylation sites (tertiary alicyclic amines) is 1. The number of alkyl halides is 1. The number of terminal acetylenes is 1. The van der Waals surface area contributed by atoms with Crippen LogP contribution < -0.4 is 15.0 Å². The first-order valence-corrected chi connectivity index (χ1v) is 18.8. The van der Waals surface area contributed by atoms with Gasteiger partial charge in [0.05, 0.1) is 22.4 Å². The summed E-state index contributed by atoms with van der Waals surface area (Å²) in [5.74, 6) is 2.55. The Morgan fingerprint density at radius 3 is 2.72 bits per heavy atom. The van der Waals surface area contributed by atoms with E-state index < -0.39 is 23.1 Å². The van der Waals surface area contributed by atoms with E-state index in [1.807, 2.05) is 19.9 Å². The summed E-state index contributed by atoms with van der Waals surface area (Å²) < 4.78 is 36.7. The standard InChI is InChI=1S/C42H49F2N5O4/c1-5-32-35(44)13-11-27-19-31(50)21-34(38(27)32)26-10-12-33-36(20-26)46-40(47-39(33)48-18-8-7-9-29(24-48)45-37(51)6-2)53-25-41(3)22-28(43)23-49(41)30-14-16-42(4,52)17-15-30/h1,6,11,13,19-21,28-30,50,52H,2,7-10,12,14-18,22-25H2,3-4H3,(H,45,51)/t28-,29?,30?,41+,42?/m1/s1. The largest absolute Gasteiger partial charge is 0.508 e. The van der Waals surface area contributed by atoms with Gasteiger partial charge in [0.1, 0.15) is 30.2 Å². The highest BCUT2D eigenvalue weighted by Gasteiger charge is 2.47. The molecule has 11 heteroatoms. The highest BCUT2D eigenvalue weighted by atomic mass is 19.1. The summed E-state index contributed by atoms with van der Waals surface area (Å²) in [4.78, 5) is 26.7. The Kier molecular flexibility index (Phi) is 10.2. The number of aliphatic hydroxyl groups is 1. The summed E-state index contributed by atoms with van der Waals surface area (Å²) in [6.07, 6.45) is 15.1. The van der Waals surface area contributed by atoms with E-state index in [1.54, 1.807) is 18.2 Å². The van der Waals surface area contributed by atoms with Gasteiger partial charge in [0.25, 0.3) is 0 Å².